The molecular weight excluding hydrogens is 501 g/mol. The fourth-order valence-corrected chi connectivity index (χ4v) is 4.25. The molecule has 10 nitrogen and oxygen atoms in total. The van der Waals surface area contributed by atoms with Gasteiger partial charge >= 0.3 is 0 Å². The SMILES string of the molecule is COc1cc(N2CCN(CC(F)F)CC2)ncc1Nc1nccc(Nc2cc3cccc(F)c3[nH]c2=O)n1.[HH].[HH].[HH]. The fourth-order valence-electron chi connectivity index (χ4n) is 4.25. The van der Waals surface area contributed by atoms with Crippen LogP contribution in [0.15, 0.2) is 53.6 Å². The highest BCUT2D eigenvalue weighted by atomic mass is 19.3. The van der Waals surface area contributed by atoms with Crippen LogP contribution in [0.3, 0.4) is 0 Å². The van der Waals surface area contributed by atoms with Crippen LogP contribution in [0.25, 0.3) is 10.9 Å². The molecule has 0 aliphatic carbocycles. The van der Waals surface area contributed by atoms with Gasteiger partial charge in [0.05, 0.1) is 25.4 Å². The van der Waals surface area contributed by atoms with Crippen LogP contribution in [0.4, 0.5) is 42.1 Å². The average molecular weight is 533 g/mol. The van der Waals surface area contributed by atoms with E-state index in [1.807, 2.05) is 4.90 Å². The topological polar surface area (TPSA) is 111 Å². The molecule has 0 amide bonds. The first-order chi connectivity index (χ1) is 18.4. The van der Waals surface area contributed by atoms with Crippen LogP contribution >= 0.6 is 0 Å². The Balaban J connectivity index is 0.00000196. The molecule has 1 saturated heterocycles. The van der Waals surface area contributed by atoms with Crippen molar-refractivity contribution in [2.75, 3.05) is 55.4 Å². The molecule has 0 saturated carbocycles. The summed E-state index contributed by atoms with van der Waals surface area (Å²) in [5.74, 6) is 1.23. The minimum absolute atomic E-state index is 0. The standard InChI is InChI=1S/C25H25F3N8O2.3H2/c1-38-19-12-22(36-9-7-35(8-10-36)14-20(27)28)30-13-18(19)32-25-29-6-5-21(33-25)31-17-11-15-3-2-4-16(26)23(15)34-24(17)37;;;/h2-6,11-13,20H,7-10,14H2,1H3,(H,34,37)(H2,29,31,32,33);3*1H. The van der Waals surface area contributed by atoms with Crippen LogP contribution < -0.4 is 25.8 Å². The summed E-state index contributed by atoms with van der Waals surface area (Å²) in [6, 6.07) is 9.44. The fraction of sp³-hybridized carbons (Fsp3) is 0.280. The molecule has 4 heterocycles. The van der Waals surface area contributed by atoms with E-state index in [2.05, 4.69) is 30.6 Å². The third kappa shape index (κ3) is 5.62. The maximum Gasteiger partial charge on any atom is 0.272 e. The van der Waals surface area contributed by atoms with Crippen molar-refractivity contribution < 1.29 is 22.2 Å². The number of pyridine rings is 2. The van der Waals surface area contributed by atoms with E-state index >= 15 is 0 Å². The first-order valence-corrected chi connectivity index (χ1v) is 11.9. The van der Waals surface area contributed by atoms with Crippen LogP contribution in [0.5, 0.6) is 5.75 Å². The molecule has 0 spiro atoms. The minimum Gasteiger partial charge on any atom is -0.494 e. The third-order valence-electron chi connectivity index (χ3n) is 6.16. The number of halogens is 3. The second kappa shape index (κ2) is 10.9. The molecule has 3 aromatic heterocycles. The molecule has 1 aliphatic rings. The van der Waals surface area contributed by atoms with Gasteiger partial charge in [0.1, 0.15) is 34.6 Å². The summed E-state index contributed by atoms with van der Waals surface area (Å²) < 4.78 is 44.8. The summed E-state index contributed by atoms with van der Waals surface area (Å²) >= 11 is 0. The zero-order chi connectivity index (χ0) is 26.6. The number of piperazine rings is 1. The highest BCUT2D eigenvalue weighted by molar-refractivity contribution is 5.82. The van der Waals surface area contributed by atoms with E-state index in [9.17, 15) is 18.0 Å². The van der Waals surface area contributed by atoms with Gasteiger partial charge in [0.2, 0.25) is 5.95 Å². The van der Waals surface area contributed by atoms with Crippen molar-refractivity contribution in [2.24, 2.45) is 0 Å². The van der Waals surface area contributed by atoms with Gasteiger partial charge < -0.3 is 25.3 Å². The number of anilines is 5. The molecule has 3 N–H and O–H groups in total. The minimum atomic E-state index is -2.35. The van der Waals surface area contributed by atoms with Crippen molar-refractivity contribution >= 4 is 39.9 Å². The number of aromatic nitrogens is 4. The number of H-pyrrole nitrogens is 1. The molecule has 0 atom stereocenters. The number of aromatic amines is 1. The molecule has 13 heteroatoms. The summed E-state index contributed by atoms with van der Waals surface area (Å²) in [5, 5.41) is 6.54. The van der Waals surface area contributed by atoms with Gasteiger partial charge in [-0.2, -0.15) is 4.98 Å². The number of para-hydroxylation sites is 1. The average Bonchev–Trinajstić information content (AvgIpc) is 2.90. The molecule has 38 heavy (non-hydrogen) atoms. The predicted octanol–water partition coefficient (Wildman–Crippen LogP) is 4.47. The first-order valence-electron chi connectivity index (χ1n) is 11.9. The lowest BCUT2D eigenvalue weighted by Gasteiger charge is -2.35. The Bertz CT molecular complexity index is 1510. The van der Waals surface area contributed by atoms with E-state index < -0.39 is 17.8 Å². The van der Waals surface area contributed by atoms with Crippen LogP contribution in [0.1, 0.15) is 4.28 Å². The van der Waals surface area contributed by atoms with Gasteiger partial charge in [0, 0.05) is 48.1 Å². The molecule has 0 unspecified atom stereocenters. The molecule has 4 aromatic rings. The Morgan fingerprint density at radius 2 is 1.92 bits per heavy atom. The lowest BCUT2D eigenvalue weighted by molar-refractivity contribution is 0.0853. The summed E-state index contributed by atoms with van der Waals surface area (Å²) in [7, 11) is 1.53. The molecule has 1 fully saturated rings. The second-order valence-corrected chi connectivity index (χ2v) is 8.65. The van der Waals surface area contributed by atoms with Gasteiger partial charge in [-0.05, 0) is 18.2 Å². The van der Waals surface area contributed by atoms with E-state index in [0.717, 1.165) is 0 Å². The number of ether oxygens (including phenoxy) is 1. The molecule has 204 valence electrons. The zero-order valence-corrected chi connectivity index (χ0v) is 20.4. The van der Waals surface area contributed by atoms with Gasteiger partial charge in [-0.1, -0.05) is 12.1 Å². The van der Waals surface area contributed by atoms with Gasteiger partial charge in [0.25, 0.3) is 12.0 Å². The number of hydrogen-bond donors (Lipinski definition) is 3. The Labute approximate surface area is 220 Å². The quantitative estimate of drug-likeness (QED) is 0.303. The summed E-state index contributed by atoms with van der Waals surface area (Å²) in [6.07, 6.45) is 0.754. The van der Waals surface area contributed by atoms with Crippen molar-refractivity contribution in [3.8, 4) is 5.75 Å². The summed E-state index contributed by atoms with van der Waals surface area (Å²) in [4.78, 5) is 31.9. The van der Waals surface area contributed by atoms with Crippen LogP contribution in [-0.2, 0) is 0 Å². The molecule has 5 rings (SSSR count). The van der Waals surface area contributed by atoms with Gasteiger partial charge in [-0.3, -0.25) is 9.69 Å². The molecular formula is C25H31F3N8O2. The predicted molar refractivity (Wildman–Crippen MR) is 145 cm³/mol. The van der Waals surface area contributed by atoms with Crippen LogP contribution in [0, 0.1) is 5.82 Å². The number of methoxy groups -OCH3 is 1. The van der Waals surface area contributed by atoms with E-state index in [4.69, 9.17) is 4.74 Å². The highest BCUT2D eigenvalue weighted by Crippen LogP contribution is 2.30. The number of nitrogens with one attached hydrogen (secondary N) is 3. The number of alkyl halides is 2. The van der Waals surface area contributed by atoms with E-state index in [0.29, 0.717) is 54.6 Å². The van der Waals surface area contributed by atoms with E-state index in [1.54, 1.807) is 41.4 Å². The largest absolute Gasteiger partial charge is 0.494 e. The number of hydrogen-bond acceptors (Lipinski definition) is 9. The van der Waals surface area contributed by atoms with Crippen LogP contribution in [-0.4, -0.2) is 71.1 Å². The first kappa shape index (κ1) is 25.3. The van der Waals surface area contributed by atoms with Crippen LogP contribution in [0.2, 0.25) is 0 Å². The monoisotopic (exact) mass is 532 g/mol. The number of nitrogens with zero attached hydrogens (tertiary/aromatic N) is 5. The van der Waals surface area contributed by atoms with Gasteiger partial charge in [0.15, 0.2) is 0 Å². The number of rotatable bonds is 8. The Morgan fingerprint density at radius 1 is 1.11 bits per heavy atom. The molecule has 1 aliphatic heterocycles. The zero-order valence-electron chi connectivity index (χ0n) is 20.4. The van der Waals surface area contributed by atoms with Gasteiger partial charge in [-0.15, -0.1) is 0 Å². The third-order valence-corrected chi connectivity index (χ3v) is 6.16. The maximum absolute atomic E-state index is 14.0. The Morgan fingerprint density at radius 3 is 2.68 bits per heavy atom. The summed E-state index contributed by atoms with van der Waals surface area (Å²) in [5.41, 5.74) is 0.354. The van der Waals surface area contributed by atoms with Crippen molar-refractivity contribution in [1.82, 2.24) is 24.8 Å². The highest BCUT2D eigenvalue weighted by Gasteiger charge is 2.21. The lowest BCUT2D eigenvalue weighted by atomic mass is 10.2. The molecule has 1 aromatic carbocycles. The second-order valence-electron chi connectivity index (χ2n) is 8.65. The Hall–Kier alpha value is -4.39. The number of fused-ring (bicyclic) bond motifs is 1. The van der Waals surface area contributed by atoms with Gasteiger partial charge in [-0.25, -0.2) is 23.1 Å². The van der Waals surface area contributed by atoms with Crippen molar-refractivity contribution in [1.29, 1.82) is 0 Å². The van der Waals surface area contributed by atoms with Crippen molar-refractivity contribution in [3.63, 3.8) is 0 Å². The number of benzene rings is 1. The van der Waals surface area contributed by atoms with Crippen molar-refractivity contribution in [2.45, 2.75) is 6.43 Å². The summed E-state index contributed by atoms with van der Waals surface area (Å²) in [6.45, 7) is 1.98. The molecule has 0 bridgehead atoms. The lowest BCUT2D eigenvalue weighted by Crippen LogP contribution is -2.48. The molecule has 0 radical (unpaired) electrons. The van der Waals surface area contributed by atoms with E-state index in [-0.39, 0.29) is 28.0 Å². The van der Waals surface area contributed by atoms with Crippen molar-refractivity contribution in [3.05, 3.63) is 65.0 Å². The smallest absolute Gasteiger partial charge is 0.272 e. The maximum atomic E-state index is 14.0. The normalized spacial score (nSPS) is 14.2. The van der Waals surface area contributed by atoms with E-state index in [1.165, 1.54) is 19.4 Å². The Kier molecular flexibility index (Phi) is 7.26.